The molecule has 0 amide bonds. The summed E-state index contributed by atoms with van der Waals surface area (Å²) < 4.78 is 6.09. The van der Waals surface area contributed by atoms with Crippen molar-refractivity contribution in [3.8, 4) is 0 Å². The summed E-state index contributed by atoms with van der Waals surface area (Å²) in [6.45, 7) is 9.32. The van der Waals surface area contributed by atoms with Crippen molar-refractivity contribution < 1.29 is 19.4 Å². The van der Waals surface area contributed by atoms with Crippen molar-refractivity contribution in [2.75, 3.05) is 13.2 Å². The number of hydrogen-bond donors (Lipinski definition) is 1. The van der Waals surface area contributed by atoms with Gasteiger partial charge in [-0.05, 0) is 55.8 Å². The standard InChI is InChI=1S/C24H34O4/c1-5-6-9-28-14-23-12-18-16(4)7-8-19(18)22(13-25)11-17(23)10-20(15(2)3)24(22,23)21(26)27/h5-6,10,13,15-19H,7-9,11-12,14H2,1-4H3,(H,26,27)/b6-5-/t16-,17+,18-,19-,22+,23+,24+/m0/s1. The maximum absolute atomic E-state index is 13.2. The number of carboxylic acid groups (broad SMARTS) is 1. The SMILES string of the molecule is C/C=C\COC[C@]12C[C@H]3[C@@H](C)CC[C@@H]3[C@]3(C=O)C[C@H]1C=C(C(C)C)[C@]23C(=O)O. The van der Waals surface area contributed by atoms with Gasteiger partial charge in [0.2, 0.25) is 0 Å². The lowest BCUT2D eigenvalue weighted by Gasteiger charge is -2.58. The van der Waals surface area contributed by atoms with Crippen LogP contribution in [0.1, 0.15) is 53.4 Å². The lowest BCUT2D eigenvalue weighted by molar-refractivity contribution is -0.186. The minimum absolute atomic E-state index is 0.117. The molecule has 4 aliphatic carbocycles. The number of aldehydes is 1. The van der Waals surface area contributed by atoms with Crippen molar-refractivity contribution in [1.82, 2.24) is 0 Å². The van der Waals surface area contributed by atoms with E-state index >= 15 is 0 Å². The molecule has 7 atom stereocenters. The normalized spacial score (nSPS) is 46.2. The molecule has 0 aromatic heterocycles. The molecular weight excluding hydrogens is 352 g/mol. The van der Waals surface area contributed by atoms with Crippen molar-refractivity contribution in [2.45, 2.75) is 53.4 Å². The number of hydrogen-bond acceptors (Lipinski definition) is 3. The summed E-state index contributed by atoms with van der Waals surface area (Å²) in [5, 5.41) is 10.8. The number of carbonyl (C=O) groups is 2. The van der Waals surface area contributed by atoms with Crippen LogP contribution in [0.4, 0.5) is 0 Å². The molecule has 0 aromatic carbocycles. The Morgan fingerprint density at radius 1 is 1.36 bits per heavy atom. The summed E-state index contributed by atoms with van der Waals surface area (Å²) >= 11 is 0. The summed E-state index contributed by atoms with van der Waals surface area (Å²) in [6, 6.07) is 0. The van der Waals surface area contributed by atoms with Gasteiger partial charge in [0.15, 0.2) is 0 Å². The Kier molecular flexibility index (Phi) is 4.65. The van der Waals surface area contributed by atoms with Crippen LogP contribution in [-0.4, -0.2) is 30.6 Å². The molecule has 4 bridgehead atoms. The van der Waals surface area contributed by atoms with Gasteiger partial charge in [-0.3, -0.25) is 4.79 Å². The average molecular weight is 387 g/mol. The molecule has 0 heterocycles. The highest BCUT2D eigenvalue weighted by atomic mass is 16.5. The van der Waals surface area contributed by atoms with Crippen LogP contribution in [0.25, 0.3) is 0 Å². The Balaban J connectivity index is 1.90. The predicted molar refractivity (Wildman–Crippen MR) is 108 cm³/mol. The molecule has 0 spiro atoms. The van der Waals surface area contributed by atoms with Crippen LogP contribution in [0.2, 0.25) is 0 Å². The minimum Gasteiger partial charge on any atom is -0.481 e. The molecular formula is C24H34O4. The second kappa shape index (κ2) is 6.55. The van der Waals surface area contributed by atoms with Crippen molar-refractivity contribution >= 4 is 12.3 Å². The number of allylic oxidation sites excluding steroid dienone is 2. The second-order valence-corrected chi connectivity index (χ2v) is 10.1. The number of carboxylic acids is 1. The third kappa shape index (κ3) is 2.05. The van der Waals surface area contributed by atoms with Crippen LogP contribution in [0.3, 0.4) is 0 Å². The Bertz CT molecular complexity index is 737. The molecule has 0 unspecified atom stereocenters. The van der Waals surface area contributed by atoms with Gasteiger partial charge in [0.05, 0.1) is 18.6 Å². The molecule has 0 aromatic rings. The molecule has 3 saturated carbocycles. The Morgan fingerprint density at radius 3 is 2.71 bits per heavy atom. The summed E-state index contributed by atoms with van der Waals surface area (Å²) in [7, 11) is 0. The highest BCUT2D eigenvalue weighted by Gasteiger charge is 2.84. The fourth-order valence-electron chi connectivity index (χ4n) is 8.04. The highest BCUT2D eigenvalue weighted by molar-refractivity contribution is 5.90. The number of rotatable bonds is 7. The Morgan fingerprint density at radius 2 is 2.11 bits per heavy atom. The van der Waals surface area contributed by atoms with E-state index in [1.807, 2.05) is 19.1 Å². The van der Waals surface area contributed by atoms with E-state index in [0.29, 0.717) is 31.5 Å². The first kappa shape index (κ1) is 19.9. The van der Waals surface area contributed by atoms with Gasteiger partial charge in [-0.2, -0.15) is 0 Å². The Hall–Kier alpha value is -1.42. The quantitative estimate of drug-likeness (QED) is 0.397. The van der Waals surface area contributed by atoms with Gasteiger partial charge in [-0.25, -0.2) is 0 Å². The summed E-state index contributed by atoms with van der Waals surface area (Å²) in [4.78, 5) is 26.0. The molecule has 1 N–H and O–H groups in total. The topological polar surface area (TPSA) is 63.6 Å². The Labute approximate surface area is 168 Å². The van der Waals surface area contributed by atoms with Gasteiger partial charge in [0.1, 0.15) is 11.7 Å². The smallest absolute Gasteiger partial charge is 0.315 e. The number of carbonyl (C=O) groups excluding carboxylic acids is 1. The molecule has 4 rings (SSSR count). The van der Waals surface area contributed by atoms with Crippen LogP contribution < -0.4 is 0 Å². The van der Waals surface area contributed by atoms with Crippen LogP contribution in [0, 0.1) is 45.8 Å². The molecule has 154 valence electrons. The van der Waals surface area contributed by atoms with E-state index in [9.17, 15) is 14.7 Å². The van der Waals surface area contributed by atoms with Gasteiger partial charge >= 0.3 is 5.97 Å². The monoisotopic (exact) mass is 386 g/mol. The highest BCUT2D eigenvalue weighted by Crippen LogP contribution is 2.82. The molecule has 3 fully saturated rings. The zero-order valence-corrected chi connectivity index (χ0v) is 17.6. The first-order valence-electron chi connectivity index (χ1n) is 10.9. The summed E-state index contributed by atoms with van der Waals surface area (Å²) in [5.74, 6) is 0.596. The van der Waals surface area contributed by atoms with Gasteiger partial charge in [0, 0.05) is 5.41 Å². The maximum atomic E-state index is 13.2. The first-order valence-corrected chi connectivity index (χ1v) is 10.9. The van der Waals surface area contributed by atoms with Crippen molar-refractivity contribution in [2.24, 2.45) is 45.8 Å². The molecule has 4 aliphatic rings. The zero-order chi connectivity index (χ0) is 20.3. The third-order valence-corrected chi connectivity index (χ3v) is 8.93. The molecule has 4 heteroatoms. The van der Waals surface area contributed by atoms with Gasteiger partial charge in [-0.15, -0.1) is 0 Å². The lowest BCUT2D eigenvalue weighted by atomic mass is 9.43. The van der Waals surface area contributed by atoms with E-state index in [2.05, 4.69) is 26.8 Å². The summed E-state index contributed by atoms with van der Waals surface area (Å²) in [6.07, 6.45) is 10.9. The molecule has 28 heavy (non-hydrogen) atoms. The molecule has 0 aliphatic heterocycles. The van der Waals surface area contributed by atoms with E-state index in [1.165, 1.54) is 0 Å². The van der Waals surface area contributed by atoms with Crippen LogP contribution in [0.15, 0.2) is 23.8 Å². The van der Waals surface area contributed by atoms with E-state index in [-0.39, 0.29) is 17.8 Å². The number of aliphatic carboxylic acids is 1. The van der Waals surface area contributed by atoms with E-state index in [0.717, 1.165) is 31.1 Å². The van der Waals surface area contributed by atoms with Crippen LogP contribution >= 0.6 is 0 Å². The first-order chi connectivity index (χ1) is 13.3. The van der Waals surface area contributed by atoms with E-state index < -0.39 is 22.2 Å². The second-order valence-electron chi connectivity index (χ2n) is 10.1. The van der Waals surface area contributed by atoms with Crippen molar-refractivity contribution in [3.05, 3.63) is 23.8 Å². The predicted octanol–water partition coefficient (Wildman–Crippen LogP) is 4.50. The summed E-state index contributed by atoms with van der Waals surface area (Å²) in [5.41, 5.74) is -1.41. The van der Waals surface area contributed by atoms with Crippen LogP contribution in [0.5, 0.6) is 0 Å². The van der Waals surface area contributed by atoms with Gasteiger partial charge in [-0.1, -0.05) is 51.0 Å². The number of ether oxygens (including phenoxy) is 1. The van der Waals surface area contributed by atoms with Crippen molar-refractivity contribution in [1.29, 1.82) is 0 Å². The third-order valence-electron chi connectivity index (χ3n) is 8.93. The largest absolute Gasteiger partial charge is 0.481 e. The molecule has 0 saturated heterocycles. The molecule has 0 radical (unpaired) electrons. The van der Waals surface area contributed by atoms with Gasteiger partial charge < -0.3 is 14.6 Å². The lowest BCUT2D eigenvalue weighted by Crippen LogP contribution is -2.63. The zero-order valence-electron chi connectivity index (χ0n) is 17.6. The number of fused-ring (bicyclic) bond motifs is 2. The van der Waals surface area contributed by atoms with Crippen LogP contribution in [-0.2, 0) is 14.3 Å². The maximum Gasteiger partial charge on any atom is 0.315 e. The van der Waals surface area contributed by atoms with Crippen molar-refractivity contribution in [3.63, 3.8) is 0 Å². The van der Waals surface area contributed by atoms with E-state index in [4.69, 9.17) is 4.74 Å². The van der Waals surface area contributed by atoms with Gasteiger partial charge in [0.25, 0.3) is 0 Å². The minimum atomic E-state index is -1.11. The fourth-order valence-corrected chi connectivity index (χ4v) is 8.04. The molecule has 4 nitrogen and oxygen atoms in total. The fraction of sp³-hybridized carbons (Fsp3) is 0.750. The van der Waals surface area contributed by atoms with E-state index in [1.54, 1.807) is 0 Å². The average Bonchev–Trinajstić information content (AvgIpc) is 3.22.